The molecule has 2 heterocycles. The molecule has 2 aliphatic rings. The van der Waals surface area contributed by atoms with Gasteiger partial charge in [-0.3, -0.25) is 14.5 Å². The number of amides is 2. The highest BCUT2D eigenvalue weighted by Crippen LogP contribution is 2.32. The molecule has 0 aliphatic carbocycles. The Labute approximate surface area is 152 Å². The average Bonchev–Trinajstić information content (AvgIpc) is 3.13. The lowest BCUT2D eigenvalue weighted by molar-refractivity contribution is -0.128. The molecule has 0 unspecified atom stereocenters. The van der Waals surface area contributed by atoms with Crippen molar-refractivity contribution in [3.05, 3.63) is 42.5 Å². The van der Waals surface area contributed by atoms with Crippen molar-refractivity contribution < 1.29 is 19.1 Å². The second-order valence-electron chi connectivity index (χ2n) is 6.14. The Morgan fingerprint density at radius 2 is 1.92 bits per heavy atom. The number of piperazine rings is 1. The molecule has 0 atom stereocenters. The normalized spacial score (nSPS) is 16.7. The fourth-order valence-corrected chi connectivity index (χ4v) is 2.86. The van der Waals surface area contributed by atoms with Crippen LogP contribution in [0.5, 0.6) is 11.5 Å². The third kappa shape index (κ3) is 4.64. The summed E-state index contributed by atoms with van der Waals surface area (Å²) < 4.78 is 10.6. The van der Waals surface area contributed by atoms with Gasteiger partial charge in [-0.05, 0) is 23.8 Å². The summed E-state index contributed by atoms with van der Waals surface area (Å²) in [6.07, 6.45) is 5.00. The van der Waals surface area contributed by atoms with Gasteiger partial charge in [-0.1, -0.05) is 12.1 Å². The lowest BCUT2D eigenvalue weighted by Crippen LogP contribution is -2.50. The summed E-state index contributed by atoms with van der Waals surface area (Å²) in [4.78, 5) is 27.9. The average molecular weight is 357 g/mol. The molecule has 1 N–H and O–H groups in total. The number of ether oxygens (including phenoxy) is 2. The second kappa shape index (κ2) is 8.53. The van der Waals surface area contributed by atoms with E-state index in [1.54, 1.807) is 23.1 Å². The zero-order chi connectivity index (χ0) is 18.4. The van der Waals surface area contributed by atoms with Crippen LogP contribution < -0.4 is 14.8 Å². The lowest BCUT2D eigenvalue weighted by atomic mass is 10.2. The minimum atomic E-state index is -0.0292. The fraction of sp³-hybridized carbons (Fsp3) is 0.368. The minimum absolute atomic E-state index is 0.0209. The first kappa shape index (κ1) is 18.0. The molecule has 7 heteroatoms. The summed E-state index contributed by atoms with van der Waals surface area (Å²) in [6.45, 7) is 7.22. The first-order valence-corrected chi connectivity index (χ1v) is 8.62. The van der Waals surface area contributed by atoms with E-state index >= 15 is 0 Å². The predicted molar refractivity (Wildman–Crippen MR) is 97.8 cm³/mol. The standard InChI is InChI=1S/C19H23N3O4/c1-2-7-20-18(23)13-21-8-10-22(11-9-21)19(24)6-4-15-3-5-16-17(12-15)26-14-25-16/h2-6,12H,1,7-11,13-14H2,(H,20,23). The van der Waals surface area contributed by atoms with Crippen molar-refractivity contribution in [3.8, 4) is 11.5 Å². The Morgan fingerprint density at radius 3 is 2.69 bits per heavy atom. The molecule has 26 heavy (non-hydrogen) atoms. The molecule has 0 spiro atoms. The number of fused-ring (bicyclic) bond motifs is 1. The van der Waals surface area contributed by atoms with E-state index in [0.717, 1.165) is 11.3 Å². The molecule has 0 radical (unpaired) electrons. The highest BCUT2D eigenvalue weighted by atomic mass is 16.7. The van der Waals surface area contributed by atoms with Crippen LogP contribution in [0.4, 0.5) is 0 Å². The summed E-state index contributed by atoms with van der Waals surface area (Å²) in [5, 5.41) is 2.76. The molecule has 2 amide bonds. The zero-order valence-corrected chi connectivity index (χ0v) is 14.6. The Morgan fingerprint density at radius 1 is 1.15 bits per heavy atom. The fourth-order valence-electron chi connectivity index (χ4n) is 2.86. The topological polar surface area (TPSA) is 71.1 Å². The van der Waals surface area contributed by atoms with Crippen molar-refractivity contribution in [2.45, 2.75) is 0 Å². The Bertz CT molecular complexity index is 709. The lowest BCUT2D eigenvalue weighted by Gasteiger charge is -2.33. The van der Waals surface area contributed by atoms with E-state index in [4.69, 9.17) is 9.47 Å². The van der Waals surface area contributed by atoms with Crippen LogP contribution in [-0.4, -0.2) is 67.7 Å². The molecule has 1 aromatic rings. The van der Waals surface area contributed by atoms with E-state index in [2.05, 4.69) is 11.9 Å². The summed E-state index contributed by atoms with van der Waals surface area (Å²) >= 11 is 0. The van der Waals surface area contributed by atoms with Gasteiger partial charge in [0, 0.05) is 38.8 Å². The third-order valence-corrected chi connectivity index (χ3v) is 4.31. The van der Waals surface area contributed by atoms with Gasteiger partial charge in [-0.25, -0.2) is 0 Å². The summed E-state index contributed by atoms with van der Waals surface area (Å²) in [5.41, 5.74) is 0.889. The molecular weight excluding hydrogens is 334 g/mol. The van der Waals surface area contributed by atoms with Gasteiger partial charge in [0.25, 0.3) is 0 Å². The molecule has 138 valence electrons. The third-order valence-electron chi connectivity index (χ3n) is 4.31. The van der Waals surface area contributed by atoms with E-state index in [9.17, 15) is 9.59 Å². The first-order valence-electron chi connectivity index (χ1n) is 8.62. The number of hydrogen-bond donors (Lipinski definition) is 1. The largest absolute Gasteiger partial charge is 0.454 e. The van der Waals surface area contributed by atoms with E-state index in [1.165, 1.54) is 0 Å². The van der Waals surface area contributed by atoms with Crippen molar-refractivity contribution in [3.63, 3.8) is 0 Å². The van der Waals surface area contributed by atoms with Crippen LogP contribution >= 0.6 is 0 Å². The molecule has 0 saturated carbocycles. The number of benzene rings is 1. The van der Waals surface area contributed by atoms with Gasteiger partial charge in [0.1, 0.15) is 0 Å². The Kier molecular flexibility index (Phi) is 5.91. The number of nitrogens with zero attached hydrogens (tertiary/aromatic N) is 2. The van der Waals surface area contributed by atoms with Crippen LogP contribution in [0.15, 0.2) is 36.9 Å². The summed E-state index contributed by atoms with van der Waals surface area (Å²) in [5.74, 6) is 1.37. The number of carbonyl (C=O) groups excluding carboxylic acids is 2. The number of hydrogen-bond acceptors (Lipinski definition) is 5. The number of nitrogens with one attached hydrogen (secondary N) is 1. The smallest absolute Gasteiger partial charge is 0.246 e. The summed E-state index contributed by atoms with van der Waals surface area (Å²) in [6, 6.07) is 5.58. The van der Waals surface area contributed by atoms with Crippen molar-refractivity contribution in [1.29, 1.82) is 0 Å². The maximum absolute atomic E-state index is 12.3. The van der Waals surface area contributed by atoms with E-state index in [1.807, 2.05) is 23.1 Å². The molecular formula is C19H23N3O4. The molecule has 1 saturated heterocycles. The zero-order valence-electron chi connectivity index (χ0n) is 14.6. The number of carbonyl (C=O) groups is 2. The SMILES string of the molecule is C=CCNC(=O)CN1CCN(C(=O)C=Cc2ccc3c(c2)OCO3)CC1. The van der Waals surface area contributed by atoms with Crippen LogP contribution in [0.1, 0.15) is 5.56 Å². The van der Waals surface area contributed by atoms with E-state index in [0.29, 0.717) is 45.0 Å². The van der Waals surface area contributed by atoms with Gasteiger partial charge in [0.05, 0.1) is 6.54 Å². The minimum Gasteiger partial charge on any atom is -0.454 e. The van der Waals surface area contributed by atoms with Crippen molar-refractivity contribution >= 4 is 17.9 Å². The highest BCUT2D eigenvalue weighted by Gasteiger charge is 2.21. The number of rotatable bonds is 6. The van der Waals surface area contributed by atoms with Crippen molar-refractivity contribution in [1.82, 2.24) is 15.1 Å². The van der Waals surface area contributed by atoms with E-state index < -0.39 is 0 Å². The van der Waals surface area contributed by atoms with Gasteiger partial charge >= 0.3 is 0 Å². The monoisotopic (exact) mass is 357 g/mol. The van der Waals surface area contributed by atoms with Gasteiger partial charge in [-0.2, -0.15) is 0 Å². The summed E-state index contributed by atoms with van der Waals surface area (Å²) in [7, 11) is 0. The second-order valence-corrected chi connectivity index (χ2v) is 6.14. The molecule has 1 aromatic carbocycles. The van der Waals surface area contributed by atoms with Crippen LogP contribution in [0, 0.1) is 0 Å². The van der Waals surface area contributed by atoms with Gasteiger partial charge < -0.3 is 19.7 Å². The molecule has 2 aliphatic heterocycles. The molecule has 3 rings (SSSR count). The molecule has 0 aromatic heterocycles. The Balaban J connectivity index is 1.46. The maximum atomic E-state index is 12.3. The first-order chi connectivity index (χ1) is 12.7. The van der Waals surface area contributed by atoms with Crippen molar-refractivity contribution in [2.75, 3.05) is 46.1 Å². The van der Waals surface area contributed by atoms with Gasteiger partial charge in [0.15, 0.2) is 11.5 Å². The molecule has 7 nitrogen and oxygen atoms in total. The molecule has 1 fully saturated rings. The predicted octanol–water partition coefficient (Wildman–Crippen LogP) is 0.875. The molecule has 0 bridgehead atoms. The van der Waals surface area contributed by atoms with Crippen LogP contribution in [0.2, 0.25) is 0 Å². The van der Waals surface area contributed by atoms with Gasteiger partial charge in [0.2, 0.25) is 18.6 Å². The maximum Gasteiger partial charge on any atom is 0.246 e. The van der Waals surface area contributed by atoms with Crippen LogP contribution in [-0.2, 0) is 9.59 Å². The van der Waals surface area contributed by atoms with Crippen LogP contribution in [0.3, 0.4) is 0 Å². The highest BCUT2D eigenvalue weighted by molar-refractivity contribution is 5.92. The van der Waals surface area contributed by atoms with Crippen LogP contribution in [0.25, 0.3) is 6.08 Å². The van der Waals surface area contributed by atoms with E-state index in [-0.39, 0.29) is 18.6 Å². The van der Waals surface area contributed by atoms with Crippen molar-refractivity contribution in [2.24, 2.45) is 0 Å². The Hall–Kier alpha value is -2.80. The van der Waals surface area contributed by atoms with Gasteiger partial charge in [-0.15, -0.1) is 6.58 Å². The quantitative estimate of drug-likeness (QED) is 0.604.